The molecule has 0 fully saturated rings. The number of benzene rings is 7. The molecule has 0 atom stereocenters. The maximum atomic E-state index is 2.49. The average Bonchev–Trinajstić information content (AvgIpc) is 3.64. The molecular formula is C49H41NS. The maximum Gasteiger partial charge on any atom is 0.0465 e. The van der Waals surface area contributed by atoms with Crippen molar-refractivity contribution in [1.29, 1.82) is 0 Å². The zero-order valence-corrected chi connectivity index (χ0v) is 31.0. The van der Waals surface area contributed by atoms with Crippen molar-refractivity contribution in [2.45, 2.75) is 57.8 Å². The van der Waals surface area contributed by atoms with Crippen LogP contribution < -0.4 is 4.90 Å². The molecule has 0 radical (unpaired) electrons. The summed E-state index contributed by atoms with van der Waals surface area (Å²) in [4.78, 5) is 2.46. The number of thiophene rings is 1. The molecule has 248 valence electrons. The Labute approximate surface area is 304 Å². The summed E-state index contributed by atoms with van der Waals surface area (Å²) in [6.07, 6.45) is 0. The summed E-state index contributed by atoms with van der Waals surface area (Å²) >= 11 is 1.93. The number of para-hydroxylation sites is 1. The zero-order valence-electron chi connectivity index (χ0n) is 30.1. The summed E-state index contributed by atoms with van der Waals surface area (Å²) in [5.74, 6) is 0. The Hall–Kier alpha value is -5.18. The van der Waals surface area contributed by atoms with E-state index in [2.05, 4.69) is 186 Å². The Kier molecular flexibility index (Phi) is 6.27. The van der Waals surface area contributed by atoms with Crippen LogP contribution in [0.1, 0.15) is 63.8 Å². The third-order valence-electron chi connectivity index (χ3n) is 12.8. The van der Waals surface area contributed by atoms with E-state index in [1.165, 1.54) is 86.8 Å². The van der Waals surface area contributed by atoms with Gasteiger partial charge in [0.2, 0.25) is 0 Å². The summed E-state index contributed by atoms with van der Waals surface area (Å²) in [6.45, 7) is 14.6. The van der Waals surface area contributed by atoms with Gasteiger partial charge in [0.25, 0.3) is 0 Å². The van der Waals surface area contributed by atoms with E-state index in [0.717, 1.165) is 5.69 Å². The van der Waals surface area contributed by atoms with Crippen LogP contribution in [-0.4, -0.2) is 0 Å². The van der Waals surface area contributed by atoms with Crippen molar-refractivity contribution in [2.75, 3.05) is 4.90 Å². The van der Waals surface area contributed by atoms with Crippen LogP contribution in [0, 0.1) is 0 Å². The molecule has 1 aromatic heterocycles. The molecule has 2 aliphatic rings. The Balaban J connectivity index is 1.20. The van der Waals surface area contributed by atoms with Gasteiger partial charge in [-0.1, -0.05) is 133 Å². The summed E-state index contributed by atoms with van der Waals surface area (Å²) in [6, 6.07) is 52.4. The molecule has 2 heteroatoms. The highest BCUT2D eigenvalue weighted by Crippen LogP contribution is 2.59. The summed E-state index contributed by atoms with van der Waals surface area (Å²) in [5, 5.41) is 5.50. The van der Waals surface area contributed by atoms with E-state index in [4.69, 9.17) is 0 Å². The monoisotopic (exact) mass is 675 g/mol. The third-order valence-corrected chi connectivity index (χ3v) is 13.9. The van der Waals surface area contributed by atoms with Crippen LogP contribution in [0.25, 0.3) is 53.2 Å². The topological polar surface area (TPSA) is 3.24 Å². The van der Waals surface area contributed by atoms with Crippen LogP contribution in [0.5, 0.6) is 0 Å². The lowest BCUT2D eigenvalue weighted by molar-refractivity contribution is 0.301. The van der Waals surface area contributed by atoms with E-state index in [1.54, 1.807) is 0 Å². The number of hydrogen-bond donors (Lipinski definition) is 0. The SMILES string of the molecule is CC1(C)c2ccccc2-c2ccc(N(c3ccccc3)c3ccc4c(c3)C(C)(C)C(C)(C)c3c-4ccc4sc5ccc6ccccc6c5c34)cc21. The molecule has 0 unspecified atom stereocenters. The van der Waals surface area contributed by atoms with E-state index >= 15 is 0 Å². The van der Waals surface area contributed by atoms with Crippen molar-refractivity contribution in [1.82, 2.24) is 0 Å². The van der Waals surface area contributed by atoms with E-state index in [0.29, 0.717) is 0 Å². The first-order chi connectivity index (χ1) is 24.6. The maximum absolute atomic E-state index is 2.49. The second-order valence-corrected chi connectivity index (χ2v) is 17.3. The molecular weight excluding hydrogens is 635 g/mol. The van der Waals surface area contributed by atoms with Gasteiger partial charge in [-0.3, -0.25) is 0 Å². The van der Waals surface area contributed by atoms with Gasteiger partial charge in [-0.2, -0.15) is 0 Å². The van der Waals surface area contributed by atoms with Gasteiger partial charge in [-0.15, -0.1) is 11.3 Å². The number of hydrogen-bond acceptors (Lipinski definition) is 2. The highest BCUT2D eigenvalue weighted by atomic mass is 32.1. The number of fused-ring (bicyclic) bond motifs is 12. The van der Waals surface area contributed by atoms with Gasteiger partial charge in [0.05, 0.1) is 0 Å². The molecule has 0 N–H and O–H groups in total. The van der Waals surface area contributed by atoms with E-state index in [-0.39, 0.29) is 16.2 Å². The fourth-order valence-electron chi connectivity index (χ4n) is 9.43. The predicted octanol–water partition coefficient (Wildman–Crippen LogP) is 14.2. The van der Waals surface area contributed by atoms with Crippen molar-refractivity contribution < 1.29 is 0 Å². The van der Waals surface area contributed by atoms with Crippen LogP contribution in [-0.2, 0) is 16.2 Å². The quantitative estimate of drug-likeness (QED) is 0.180. The van der Waals surface area contributed by atoms with Crippen LogP contribution in [0.4, 0.5) is 17.1 Å². The first-order valence-electron chi connectivity index (χ1n) is 18.2. The van der Waals surface area contributed by atoms with E-state index in [1.807, 2.05) is 11.3 Å². The number of anilines is 3. The smallest absolute Gasteiger partial charge is 0.0465 e. The highest BCUT2D eigenvalue weighted by Gasteiger charge is 2.47. The standard InChI is InChI=1S/C49H41NS/c1-47(2)39-19-13-12-18-35(39)36-23-21-32(28-40(36)47)50(31-15-8-7-9-16-31)33-22-24-37-38-25-27-43-45(46(38)49(5,6)48(3,4)41(37)29-33)44-34-17-11-10-14-30(34)20-26-42(44)51-43/h7-29H,1-6H3. The summed E-state index contributed by atoms with van der Waals surface area (Å²) in [5.41, 5.74) is 14.3. The second kappa shape index (κ2) is 10.4. The molecule has 0 spiro atoms. The molecule has 10 rings (SSSR count). The lowest BCUT2D eigenvalue weighted by atomic mass is 9.54. The Bertz CT molecular complexity index is 2720. The van der Waals surface area contributed by atoms with Gasteiger partial charge in [-0.05, 0) is 109 Å². The van der Waals surface area contributed by atoms with Crippen molar-refractivity contribution in [2.24, 2.45) is 0 Å². The lowest BCUT2D eigenvalue weighted by Crippen LogP contribution is -2.43. The number of nitrogens with zero attached hydrogens (tertiary/aromatic N) is 1. The molecule has 1 nitrogen and oxygen atoms in total. The van der Waals surface area contributed by atoms with Crippen LogP contribution >= 0.6 is 11.3 Å². The zero-order chi connectivity index (χ0) is 34.9. The summed E-state index contributed by atoms with van der Waals surface area (Å²) < 4.78 is 2.74. The minimum absolute atomic E-state index is 0.0711. The summed E-state index contributed by atoms with van der Waals surface area (Å²) in [7, 11) is 0. The first kappa shape index (κ1) is 30.6. The average molecular weight is 676 g/mol. The van der Waals surface area contributed by atoms with Gasteiger partial charge in [0.15, 0.2) is 0 Å². The van der Waals surface area contributed by atoms with Crippen molar-refractivity contribution in [3.05, 3.63) is 162 Å². The van der Waals surface area contributed by atoms with Crippen LogP contribution in [0.3, 0.4) is 0 Å². The first-order valence-corrected chi connectivity index (χ1v) is 19.0. The Morgan fingerprint density at radius 2 is 1.02 bits per heavy atom. The highest BCUT2D eigenvalue weighted by molar-refractivity contribution is 7.26. The molecule has 1 heterocycles. The van der Waals surface area contributed by atoms with Crippen LogP contribution in [0.2, 0.25) is 0 Å². The molecule has 0 aliphatic heterocycles. The molecule has 0 amide bonds. The second-order valence-electron chi connectivity index (χ2n) is 16.2. The predicted molar refractivity (Wildman–Crippen MR) is 221 cm³/mol. The van der Waals surface area contributed by atoms with Crippen LogP contribution in [0.15, 0.2) is 140 Å². The lowest BCUT2D eigenvalue weighted by Gasteiger charge is -2.49. The largest absolute Gasteiger partial charge is 0.310 e. The van der Waals surface area contributed by atoms with E-state index in [9.17, 15) is 0 Å². The molecule has 0 saturated heterocycles. The fraction of sp³-hybridized carbons (Fsp3) is 0.184. The van der Waals surface area contributed by atoms with Gasteiger partial charge in [0, 0.05) is 48.1 Å². The molecule has 51 heavy (non-hydrogen) atoms. The van der Waals surface area contributed by atoms with Gasteiger partial charge >= 0.3 is 0 Å². The third kappa shape index (κ3) is 4.09. The normalized spacial score (nSPS) is 16.1. The minimum Gasteiger partial charge on any atom is -0.310 e. The van der Waals surface area contributed by atoms with Crippen molar-refractivity contribution in [3.8, 4) is 22.3 Å². The van der Waals surface area contributed by atoms with E-state index < -0.39 is 0 Å². The van der Waals surface area contributed by atoms with Crippen molar-refractivity contribution >= 4 is 59.3 Å². The van der Waals surface area contributed by atoms with Crippen molar-refractivity contribution in [3.63, 3.8) is 0 Å². The minimum atomic E-state index is -0.150. The molecule has 2 aliphatic carbocycles. The molecule has 0 saturated carbocycles. The molecule has 8 aromatic rings. The Morgan fingerprint density at radius 1 is 0.431 bits per heavy atom. The number of rotatable bonds is 3. The molecule has 7 aromatic carbocycles. The van der Waals surface area contributed by atoms with Gasteiger partial charge in [-0.25, -0.2) is 0 Å². The van der Waals surface area contributed by atoms with Gasteiger partial charge in [0.1, 0.15) is 0 Å². The van der Waals surface area contributed by atoms with Gasteiger partial charge < -0.3 is 4.90 Å². The Morgan fingerprint density at radius 3 is 1.80 bits per heavy atom. The fourth-order valence-corrected chi connectivity index (χ4v) is 10.6. The molecule has 0 bridgehead atoms.